The number of ether oxygens (including phenoxy) is 3. The average Bonchev–Trinajstić information content (AvgIpc) is 3.02. The van der Waals surface area contributed by atoms with Crippen molar-refractivity contribution in [2.75, 3.05) is 21.3 Å². The summed E-state index contributed by atoms with van der Waals surface area (Å²) in [5.74, 6) is 1.03. The molecule has 3 rings (SSSR count). The van der Waals surface area contributed by atoms with E-state index in [0.29, 0.717) is 28.5 Å². The summed E-state index contributed by atoms with van der Waals surface area (Å²) in [6, 6.07) is 8.82. The lowest BCUT2D eigenvalue weighted by Crippen LogP contribution is -2.05. The summed E-state index contributed by atoms with van der Waals surface area (Å²) in [5, 5.41) is 7.76. The summed E-state index contributed by atoms with van der Waals surface area (Å²) >= 11 is 3.41. The lowest BCUT2D eigenvalue weighted by Gasteiger charge is -2.13. The molecule has 0 radical (unpaired) electrons. The Hall–Kier alpha value is -2.54. The van der Waals surface area contributed by atoms with E-state index >= 15 is 0 Å². The normalized spacial score (nSPS) is 10.7. The van der Waals surface area contributed by atoms with Crippen molar-refractivity contribution in [1.82, 2.24) is 10.2 Å². The van der Waals surface area contributed by atoms with Crippen LogP contribution in [-0.4, -0.2) is 37.3 Å². The largest absolute Gasteiger partial charge is 0.493 e. The number of aromatic nitrogens is 2. The highest BCUT2D eigenvalue weighted by atomic mass is 79.9. The minimum Gasteiger partial charge on any atom is -0.493 e. The van der Waals surface area contributed by atoms with E-state index in [4.69, 9.17) is 14.2 Å². The van der Waals surface area contributed by atoms with Gasteiger partial charge in [-0.05, 0) is 30.3 Å². The molecule has 0 saturated heterocycles. The maximum atomic E-state index is 12.9. The van der Waals surface area contributed by atoms with Crippen LogP contribution in [0.25, 0.3) is 10.9 Å². The summed E-state index contributed by atoms with van der Waals surface area (Å²) in [4.78, 5) is 12.9. The number of methoxy groups -OCH3 is 3. The second-order valence-electron chi connectivity index (χ2n) is 5.01. The number of carbonyl (C=O) groups excluding carboxylic acids is 1. The molecule has 0 fully saturated rings. The minimum atomic E-state index is -0.237. The van der Waals surface area contributed by atoms with Crippen LogP contribution in [0.4, 0.5) is 0 Å². The molecule has 1 N–H and O–H groups in total. The number of carbonyl (C=O) groups is 1. The summed E-state index contributed by atoms with van der Waals surface area (Å²) in [7, 11) is 4.53. The molecule has 0 aliphatic rings. The van der Waals surface area contributed by atoms with Gasteiger partial charge in [-0.25, -0.2) is 0 Å². The van der Waals surface area contributed by atoms with Gasteiger partial charge in [0.15, 0.2) is 11.5 Å². The van der Waals surface area contributed by atoms with Gasteiger partial charge in [-0.3, -0.25) is 9.89 Å². The third-order valence-corrected chi connectivity index (χ3v) is 4.16. The van der Waals surface area contributed by atoms with Gasteiger partial charge in [-0.1, -0.05) is 15.9 Å². The van der Waals surface area contributed by atoms with Crippen LogP contribution in [-0.2, 0) is 0 Å². The molecule has 0 amide bonds. The van der Waals surface area contributed by atoms with Crippen molar-refractivity contribution in [1.29, 1.82) is 0 Å². The Morgan fingerprint density at radius 3 is 2.29 bits per heavy atom. The number of fused-ring (bicyclic) bond motifs is 1. The van der Waals surface area contributed by atoms with Gasteiger partial charge >= 0.3 is 0 Å². The van der Waals surface area contributed by atoms with Crippen molar-refractivity contribution in [2.45, 2.75) is 0 Å². The van der Waals surface area contributed by atoms with Gasteiger partial charge in [0.1, 0.15) is 5.69 Å². The van der Waals surface area contributed by atoms with Crippen molar-refractivity contribution >= 4 is 32.6 Å². The number of aromatic amines is 1. The lowest BCUT2D eigenvalue weighted by atomic mass is 10.0. The van der Waals surface area contributed by atoms with E-state index < -0.39 is 0 Å². The molecule has 2 aromatic carbocycles. The molecule has 0 aliphatic carbocycles. The Morgan fingerprint density at radius 1 is 1.04 bits per heavy atom. The number of nitrogens with one attached hydrogen (secondary N) is 1. The van der Waals surface area contributed by atoms with E-state index in [0.717, 1.165) is 15.4 Å². The predicted octanol–water partition coefficient (Wildman–Crippen LogP) is 3.58. The van der Waals surface area contributed by atoms with Crippen molar-refractivity contribution in [3.05, 3.63) is 46.1 Å². The number of rotatable bonds is 5. The van der Waals surface area contributed by atoms with Gasteiger partial charge < -0.3 is 14.2 Å². The van der Waals surface area contributed by atoms with Gasteiger partial charge in [-0.15, -0.1) is 0 Å². The van der Waals surface area contributed by atoms with Gasteiger partial charge in [0, 0.05) is 15.4 Å². The quantitative estimate of drug-likeness (QED) is 0.673. The van der Waals surface area contributed by atoms with E-state index in [9.17, 15) is 4.79 Å². The van der Waals surface area contributed by atoms with E-state index in [1.807, 2.05) is 18.2 Å². The third kappa shape index (κ3) is 2.71. The Balaban J connectivity index is 2.13. The first-order chi connectivity index (χ1) is 11.6. The number of nitrogens with zero attached hydrogens (tertiary/aromatic N) is 1. The molecule has 0 aliphatic heterocycles. The highest BCUT2D eigenvalue weighted by Crippen LogP contribution is 2.39. The summed E-state index contributed by atoms with van der Waals surface area (Å²) in [6.45, 7) is 0. The lowest BCUT2D eigenvalue weighted by molar-refractivity contribution is 0.103. The van der Waals surface area contributed by atoms with E-state index in [2.05, 4.69) is 26.1 Å². The zero-order chi connectivity index (χ0) is 17.3. The van der Waals surface area contributed by atoms with Crippen molar-refractivity contribution in [3.63, 3.8) is 0 Å². The van der Waals surface area contributed by atoms with Crippen LogP contribution in [0.3, 0.4) is 0 Å². The molecular weight excluding hydrogens is 376 g/mol. The molecule has 0 atom stereocenters. The molecule has 1 aromatic heterocycles. The second kappa shape index (κ2) is 6.52. The van der Waals surface area contributed by atoms with Crippen LogP contribution in [0.5, 0.6) is 17.2 Å². The average molecular weight is 391 g/mol. The first-order valence-electron chi connectivity index (χ1n) is 7.07. The highest BCUT2D eigenvalue weighted by molar-refractivity contribution is 9.10. The number of halogens is 1. The maximum Gasteiger partial charge on any atom is 0.214 e. The van der Waals surface area contributed by atoms with Crippen LogP contribution in [0.2, 0.25) is 0 Å². The first-order valence-corrected chi connectivity index (χ1v) is 7.86. The Bertz CT molecular complexity index is 895. The molecule has 6 nitrogen and oxygen atoms in total. The SMILES string of the molecule is COc1cc(C(=O)c2n[nH]c3ccc(Br)cc23)cc(OC)c1OC. The fourth-order valence-corrected chi connectivity index (χ4v) is 2.87. The number of benzene rings is 2. The molecule has 7 heteroatoms. The number of ketones is 1. The molecule has 0 saturated carbocycles. The molecule has 1 heterocycles. The zero-order valence-electron chi connectivity index (χ0n) is 13.3. The molecular formula is C17H15BrN2O4. The topological polar surface area (TPSA) is 73.4 Å². The van der Waals surface area contributed by atoms with Gasteiger partial charge in [0.05, 0.1) is 26.8 Å². The molecule has 124 valence electrons. The van der Waals surface area contributed by atoms with Crippen LogP contribution >= 0.6 is 15.9 Å². The maximum absolute atomic E-state index is 12.9. The van der Waals surface area contributed by atoms with Gasteiger partial charge in [-0.2, -0.15) is 5.10 Å². The van der Waals surface area contributed by atoms with Crippen molar-refractivity contribution in [3.8, 4) is 17.2 Å². The third-order valence-electron chi connectivity index (χ3n) is 3.67. The Labute approximate surface area is 146 Å². The van der Waals surface area contributed by atoms with Crippen LogP contribution in [0.15, 0.2) is 34.8 Å². The Morgan fingerprint density at radius 2 is 1.71 bits per heavy atom. The summed E-state index contributed by atoms with van der Waals surface area (Å²) in [6.07, 6.45) is 0. The minimum absolute atomic E-state index is 0.237. The number of hydrogen-bond donors (Lipinski definition) is 1. The van der Waals surface area contributed by atoms with E-state index in [1.165, 1.54) is 21.3 Å². The standard InChI is InChI=1S/C17H15BrN2O4/c1-22-13-6-9(7-14(23-2)17(13)24-3)16(21)15-11-8-10(18)4-5-12(11)19-20-15/h4-8H,1-3H3,(H,19,20). The fourth-order valence-electron chi connectivity index (χ4n) is 2.51. The first kappa shape index (κ1) is 16.3. The Kier molecular flexibility index (Phi) is 4.44. The summed E-state index contributed by atoms with van der Waals surface area (Å²) < 4.78 is 16.8. The molecule has 24 heavy (non-hydrogen) atoms. The fraction of sp³-hybridized carbons (Fsp3) is 0.176. The van der Waals surface area contributed by atoms with Crippen LogP contribution in [0.1, 0.15) is 16.1 Å². The molecule has 0 unspecified atom stereocenters. The van der Waals surface area contributed by atoms with E-state index in [-0.39, 0.29) is 5.78 Å². The zero-order valence-corrected chi connectivity index (χ0v) is 14.9. The van der Waals surface area contributed by atoms with Gasteiger partial charge in [0.25, 0.3) is 0 Å². The smallest absolute Gasteiger partial charge is 0.214 e. The summed E-state index contributed by atoms with van der Waals surface area (Å²) in [5.41, 5.74) is 1.52. The van der Waals surface area contributed by atoms with Gasteiger partial charge in [0.2, 0.25) is 11.5 Å². The molecule has 3 aromatic rings. The monoisotopic (exact) mass is 390 g/mol. The van der Waals surface area contributed by atoms with Crippen molar-refractivity contribution < 1.29 is 19.0 Å². The molecule has 0 bridgehead atoms. The van der Waals surface area contributed by atoms with Crippen LogP contribution < -0.4 is 14.2 Å². The second-order valence-corrected chi connectivity index (χ2v) is 5.92. The predicted molar refractivity (Wildman–Crippen MR) is 93.3 cm³/mol. The van der Waals surface area contributed by atoms with Crippen molar-refractivity contribution in [2.24, 2.45) is 0 Å². The number of hydrogen-bond acceptors (Lipinski definition) is 5. The highest BCUT2D eigenvalue weighted by Gasteiger charge is 2.21. The van der Waals surface area contributed by atoms with Crippen LogP contribution in [0, 0.1) is 0 Å². The number of H-pyrrole nitrogens is 1. The molecule has 0 spiro atoms. The van der Waals surface area contributed by atoms with E-state index in [1.54, 1.807) is 12.1 Å².